The van der Waals surface area contributed by atoms with E-state index in [9.17, 15) is 0 Å². The van der Waals surface area contributed by atoms with E-state index in [1.165, 1.54) is 21.7 Å². The Hall–Kier alpha value is -5.99. The Morgan fingerprint density at radius 2 is 1.33 bits per heavy atom. The highest BCUT2D eigenvalue weighted by molar-refractivity contribution is 6.14. The zero-order valence-electron chi connectivity index (χ0n) is 27.7. The first-order valence-corrected chi connectivity index (χ1v) is 16.4. The summed E-state index contributed by atoms with van der Waals surface area (Å²) in [6, 6.07) is 49.5. The number of nitrogens with zero attached hydrogens (tertiary/aromatic N) is 2. The fourth-order valence-electron chi connectivity index (χ4n) is 6.76. The van der Waals surface area contributed by atoms with Crippen LogP contribution in [0, 0.1) is 20.8 Å². The van der Waals surface area contributed by atoms with Crippen molar-refractivity contribution in [3.8, 4) is 22.5 Å². The topological polar surface area (TPSA) is 16.1 Å². The first-order valence-electron chi connectivity index (χ1n) is 16.4. The second kappa shape index (κ2) is 13.0. The summed E-state index contributed by atoms with van der Waals surface area (Å²) in [4.78, 5) is 7.52. The van der Waals surface area contributed by atoms with Crippen molar-refractivity contribution in [1.29, 1.82) is 0 Å². The molecule has 0 aliphatic carbocycles. The number of benzene rings is 6. The maximum absolute atomic E-state index is 5.17. The Labute approximate surface area is 283 Å². The highest BCUT2D eigenvalue weighted by atomic mass is 15.1. The molecule has 2 heteroatoms. The predicted octanol–water partition coefficient (Wildman–Crippen LogP) is 12.6. The van der Waals surface area contributed by atoms with E-state index in [-0.39, 0.29) is 0 Å². The standard InChI is InChI=1S/C46H38N2/c1-6-38(35-20-15-16-31(3)28-35)44(7-2)48(45-30-36-19-11-12-21-40(36)41-22-13-14-23-42(41)45)37-25-26-39(33(5)29-37)46-32(4)24-27-43(47-46)34-17-9-8-10-18-34/h6-30H,1-2H2,3-5H3/b44-38-. The molecule has 0 amide bonds. The molecule has 0 N–H and O–H groups in total. The summed E-state index contributed by atoms with van der Waals surface area (Å²) in [6.45, 7) is 15.1. The monoisotopic (exact) mass is 618 g/mol. The van der Waals surface area contributed by atoms with Gasteiger partial charge in [0.25, 0.3) is 0 Å². The van der Waals surface area contributed by atoms with Gasteiger partial charge in [-0.3, -0.25) is 0 Å². The number of rotatable bonds is 8. The second-order valence-corrected chi connectivity index (χ2v) is 12.3. The van der Waals surface area contributed by atoms with E-state index in [2.05, 4.69) is 172 Å². The average Bonchev–Trinajstić information content (AvgIpc) is 3.12. The van der Waals surface area contributed by atoms with Crippen LogP contribution >= 0.6 is 0 Å². The number of hydrogen-bond donors (Lipinski definition) is 0. The minimum Gasteiger partial charge on any atom is -0.309 e. The van der Waals surface area contributed by atoms with Gasteiger partial charge >= 0.3 is 0 Å². The van der Waals surface area contributed by atoms with Gasteiger partial charge < -0.3 is 4.90 Å². The molecule has 0 atom stereocenters. The molecule has 0 radical (unpaired) electrons. The minimum atomic E-state index is 0.962. The molecule has 2 nitrogen and oxygen atoms in total. The fraction of sp³-hybridized carbons (Fsp3) is 0.0652. The number of hydrogen-bond acceptors (Lipinski definition) is 2. The van der Waals surface area contributed by atoms with E-state index in [0.717, 1.165) is 67.2 Å². The fourth-order valence-corrected chi connectivity index (χ4v) is 6.76. The first kappa shape index (κ1) is 30.7. The third kappa shape index (κ3) is 5.63. The van der Waals surface area contributed by atoms with Gasteiger partial charge in [-0.2, -0.15) is 0 Å². The van der Waals surface area contributed by atoms with Gasteiger partial charge in [0.15, 0.2) is 0 Å². The SMILES string of the molecule is C=C/C(=C(\C=C)N(c1ccc(-c2nc(-c3ccccc3)ccc2C)c(C)c1)c1cc2ccccc2c2ccccc12)c1cccc(C)c1. The van der Waals surface area contributed by atoms with Crippen molar-refractivity contribution in [3.05, 3.63) is 193 Å². The molecule has 1 heterocycles. The van der Waals surface area contributed by atoms with E-state index in [1.807, 2.05) is 18.2 Å². The molecule has 0 fully saturated rings. The Morgan fingerprint density at radius 3 is 2.06 bits per heavy atom. The minimum absolute atomic E-state index is 0.962. The highest BCUT2D eigenvalue weighted by Crippen LogP contribution is 2.43. The summed E-state index contributed by atoms with van der Waals surface area (Å²) >= 11 is 0. The molecule has 0 bridgehead atoms. The number of anilines is 2. The lowest BCUT2D eigenvalue weighted by Gasteiger charge is -2.30. The summed E-state index contributed by atoms with van der Waals surface area (Å²) in [5.74, 6) is 0. The average molecular weight is 619 g/mol. The van der Waals surface area contributed by atoms with E-state index < -0.39 is 0 Å². The molecule has 48 heavy (non-hydrogen) atoms. The molecular formula is C46H38N2. The van der Waals surface area contributed by atoms with Gasteiger partial charge in [-0.1, -0.05) is 140 Å². The first-order chi connectivity index (χ1) is 23.5. The molecule has 7 rings (SSSR count). The van der Waals surface area contributed by atoms with Crippen LogP contribution in [0.3, 0.4) is 0 Å². The number of allylic oxidation sites excluding steroid dienone is 3. The zero-order chi connectivity index (χ0) is 33.2. The summed E-state index contributed by atoms with van der Waals surface area (Å²) in [6.07, 6.45) is 3.91. The lowest BCUT2D eigenvalue weighted by Crippen LogP contribution is -2.17. The van der Waals surface area contributed by atoms with Crippen molar-refractivity contribution in [2.24, 2.45) is 0 Å². The smallest absolute Gasteiger partial charge is 0.0741 e. The number of aryl methyl sites for hydroxylation is 3. The normalized spacial score (nSPS) is 11.7. The molecule has 0 unspecified atom stereocenters. The van der Waals surface area contributed by atoms with Gasteiger partial charge in [0, 0.05) is 27.8 Å². The third-order valence-electron chi connectivity index (χ3n) is 9.12. The van der Waals surface area contributed by atoms with Crippen molar-refractivity contribution >= 4 is 38.5 Å². The molecule has 0 spiro atoms. The zero-order valence-corrected chi connectivity index (χ0v) is 27.7. The van der Waals surface area contributed by atoms with E-state index in [1.54, 1.807) is 0 Å². The maximum Gasteiger partial charge on any atom is 0.0741 e. The van der Waals surface area contributed by atoms with Crippen LogP contribution in [0.1, 0.15) is 22.3 Å². The van der Waals surface area contributed by atoms with Crippen molar-refractivity contribution in [3.63, 3.8) is 0 Å². The lowest BCUT2D eigenvalue weighted by molar-refractivity contribution is 1.21. The molecule has 1 aromatic heterocycles. The summed E-state index contributed by atoms with van der Waals surface area (Å²) in [5, 5.41) is 4.79. The van der Waals surface area contributed by atoms with Gasteiger partial charge in [-0.25, -0.2) is 4.98 Å². The molecule has 232 valence electrons. The lowest BCUT2D eigenvalue weighted by atomic mass is 9.96. The molecule has 7 aromatic rings. The summed E-state index contributed by atoms with van der Waals surface area (Å²) in [7, 11) is 0. The van der Waals surface area contributed by atoms with E-state index in [4.69, 9.17) is 4.98 Å². The number of pyridine rings is 1. The van der Waals surface area contributed by atoms with E-state index >= 15 is 0 Å². The Bertz CT molecular complexity index is 2360. The maximum atomic E-state index is 5.17. The quantitative estimate of drug-likeness (QED) is 0.124. The van der Waals surface area contributed by atoms with Crippen LogP contribution in [0.2, 0.25) is 0 Å². The van der Waals surface area contributed by atoms with Crippen LogP contribution in [0.15, 0.2) is 171 Å². The van der Waals surface area contributed by atoms with Gasteiger partial charge in [-0.05, 0) is 84.0 Å². The van der Waals surface area contributed by atoms with Crippen LogP contribution in [-0.2, 0) is 0 Å². The summed E-state index contributed by atoms with van der Waals surface area (Å²) < 4.78 is 0. The van der Waals surface area contributed by atoms with Crippen molar-refractivity contribution in [1.82, 2.24) is 4.98 Å². The van der Waals surface area contributed by atoms with Crippen LogP contribution in [-0.4, -0.2) is 4.98 Å². The predicted molar refractivity (Wildman–Crippen MR) is 207 cm³/mol. The molecule has 0 saturated carbocycles. The van der Waals surface area contributed by atoms with Gasteiger partial charge in [0.05, 0.1) is 22.8 Å². The van der Waals surface area contributed by atoms with Crippen molar-refractivity contribution < 1.29 is 0 Å². The van der Waals surface area contributed by atoms with Crippen molar-refractivity contribution in [2.45, 2.75) is 20.8 Å². The van der Waals surface area contributed by atoms with Crippen LogP contribution in [0.25, 0.3) is 49.6 Å². The van der Waals surface area contributed by atoms with Crippen molar-refractivity contribution in [2.75, 3.05) is 4.90 Å². The van der Waals surface area contributed by atoms with Crippen LogP contribution in [0.4, 0.5) is 11.4 Å². The third-order valence-corrected chi connectivity index (χ3v) is 9.12. The van der Waals surface area contributed by atoms with Gasteiger partial charge in [0.2, 0.25) is 0 Å². The Kier molecular flexibility index (Phi) is 8.31. The second-order valence-electron chi connectivity index (χ2n) is 12.3. The van der Waals surface area contributed by atoms with Gasteiger partial charge in [0.1, 0.15) is 0 Å². The molecule has 0 aliphatic rings. The Morgan fingerprint density at radius 1 is 0.604 bits per heavy atom. The number of fused-ring (bicyclic) bond motifs is 3. The highest BCUT2D eigenvalue weighted by Gasteiger charge is 2.22. The summed E-state index contributed by atoms with van der Waals surface area (Å²) in [5.41, 5.74) is 12.9. The van der Waals surface area contributed by atoms with E-state index in [0.29, 0.717) is 0 Å². The van der Waals surface area contributed by atoms with Crippen LogP contribution in [0.5, 0.6) is 0 Å². The number of aromatic nitrogens is 1. The molecular weight excluding hydrogens is 581 g/mol. The largest absolute Gasteiger partial charge is 0.309 e. The molecule has 6 aromatic carbocycles. The Balaban J connectivity index is 1.48. The molecule has 0 aliphatic heterocycles. The molecule has 0 saturated heterocycles. The van der Waals surface area contributed by atoms with Gasteiger partial charge in [-0.15, -0.1) is 0 Å². The van der Waals surface area contributed by atoms with Crippen LogP contribution < -0.4 is 4.90 Å².